The van der Waals surface area contributed by atoms with Gasteiger partial charge >= 0.3 is 0 Å². The molecule has 1 aromatic heterocycles. The van der Waals surface area contributed by atoms with Crippen LogP contribution in [-0.4, -0.2) is 16.6 Å². The van der Waals surface area contributed by atoms with Crippen molar-refractivity contribution in [3.8, 4) is 5.88 Å². The normalized spacial score (nSPS) is 11.1. The van der Waals surface area contributed by atoms with E-state index in [1.807, 2.05) is 13.8 Å². The highest BCUT2D eigenvalue weighted by atomic mass is 16.5. The molecular formula is C11H20N4O. The van der Waals surface area contributed by atoms with E-state index in [1.165, 1.54) is 0 Å². The van der Waals surface area contributed by atoms with Gasteiger partial charge in [0.15, 0.2) is 5.82 Å². The summed E-state index contributed by atoms with van der Waals surface area (Å²) in [5.74, 6) is 1.95. The molecule has 0 amide bonds. The Labute approximate surface area is 96.2 Å². The first-order valence-corrected chi connectivity index (χ1v) is 5.47. The van der Waals surface area contributed by atoms with Gasteiger partial charge in [-0.3, -0.25) is 0 Å². The number of nitrogens with zero attached hydrogens (tertiary/aromatic N) is 2. The molecule has 0 spiro atoms. The van der Waals surface area contributed by atoms with E-state index in [1.54, 1.807) is 0 Å². The van der Waals surface area contributed by atoms with Crippen molar-refractivity contribution in [3.63, 3.8) is 0 Å². The first-order valence-electron chi connectivity index (χ1n) is 5.47. The van der Waals surface area contributed by atoms with Gasteiger partial charge in [0.1, 0.15) is 11.5 Å². The summed E-state index contributed by atoms with van der Waals surface area (Å²) in [7, 11) is 0. The molecule has 1 aromatic rings. The molecule has 0 radical (unpaired) electrons. The van der Waals surface area contributed by atoms with Gasteiger partial charge in [0.25, 0.3) is 0 Å². The van der Waals surface area contributed by atoms with Crippen molar-refractivity contribution < 1.29 is 4.74 Å². The quantitative estimate of drug-likeness (QED) is 0.814. The first-order chi connectivity index (χ1) is 7.41. The molecule has 0 bridgehead atoms. The second-order valence-electron chi connectivity index (χ2n) is 4.55. The maximum absolute atomic E-state index is 5.76. The average molecular weight is 224 g/mol. The van der Waals surface area contributed by atoms with Gasteiger partial charge in [-0.1, -0.05) is 27.7 Å². The van der Waals surface area contributed by atoms with Crippen LogP contribution in [0.2, 0.25) is 0 Å². The number of nitrogen functional groups attached to an aromatic ring is 2. The molecule has 0 aliphatic heterocycles. The summed E-state index contributed by atoms with van der Waals surface area (Å²) in [5.41, 5.74) is 11.8. The fourth-order valence-electron chi connectivity index (χ4n) is 1.10. The Balaban J connectivity index is 2.97. The summed E-state index contributed by atoms with van der Waals surface area (Å²) < 4.78 is 5.51. The predicted molar refractivity (Wildman–Crippen MR) is 65.3 cm³/mol. The molecule has 0 atom stereocenters. The van der Waals surface area contributed by atoms with Crippen molar-refractivity contribution in [2.75, 3.05) is 18.1 Å². The summed E-state index contributed by atoms with van der Waals surface area (Å²) in [6.07, 6.45) is 0. The third kappa shape index (κ3) is 2.98. The van der Waals surface area contributed by atoms with Crippen molar-refractivity contribution >= 4 is 11.5 Å². The summed E-state index contributed by atoms with van der Waals surface area (Å²) in [5, 5.41) is 0. The van der Waals surface area contributed by atoms with Crippen LogP contribution in [0.15, 0.2) is 0 Å². The predicted octanol–water partition coefficient (Wildman–Crippen LogP) is 1.80. The summed E-state index contributed by atoms with van der Waals surface area (Å²) >= 11 is 0. The average Bonchev–Trinajstić information content (AvgIpc) is 2.19. The molecule has 0 saturated carbocycles. The van der Waals surface area contributed by atoms with Gasteiger partial charge in [0, 0.05) is 5.92 Å². The van der Waals surface area contributed by atoms with Crippen LogP contribution in [0.25, 0.3) is 0 Å². The zero-order valence-electron chi connectivity index (χ0n) is 10.3. The molecule has 1 rings (SSSR count). The summed E-state index contributed by atoms with van der Waals surface area (Å²) in [4.78, 5) is 8.39. The minimum Gasteiger partial charge on any atom is -0.476 e. The van der Waals surface area contributed by atoms with Crippen molar-refractivity contribution in [2.45, 2.75) is 33.6 Å². The SMILES string of the molecule is CC(C)COc1nc(C(C)C)nc(N)c1N. The van der Waals surface area contributed by atoms with Crippen LogP contribution in [0, 0.1) is 5.92 Å². The molecule has 0 unspecified atom stereocenters. The number of ether oxygens (including phenoxy) is 1. The number of rotatable bonds is 4. The molecule has 16 heavy (non-hydrogen) atoms. The second-order valence-corrected chi connectivity index (χ2v) is 4.55. The minimum absolute atomic E-state index is 0.198. The molecule has 0 aliphatic rings. The van der Waals surface area contributed by atoms with E-state index in [4.69, 9.17) is 16.2 Å². The second kappa shape index (κ2) is 5.01. The van der Waals surface area contributed by atoms with E-state index < -0.39 is 0 Å². The molecule has 1 heterocycles. The van der Waals surface area contributed by atoms with Gasteiger partial charge < -0.3 is 16.2 Å². The Morgan fingerprint density at radius 2 is 1.75 bits per heavy atom. The highest BCUT2D eigenvalue weighted by molar-refractivity contribution is 5.64. The Kier molecular flexibility index (Phi) is 3.93. The highest BCUT2D eigenvalue weighted by Gasteiger charge is 2.13. The molecule has 0 saturated heterocycles. The Morgan fingerprint density at radius 3 is 2.25 bits per heavy atom. The van der Waals surface area contributed by atoms with Crippen molar-refractivity contribution in [2.24, 2.45) is 5.92 Å². The Morgan fingerprint density at radius 1 is 1.12 bits per heavy atom. The van der Waals surface area contributed by atoms with Crippen LogP contribution in [-0.2, 0) is 0 Å². The maximum Gasteiger partial charge on any atom is 0.242 e. The summed E-state index contributed by atoms with van der Waals surface area (Å²) in [6, 6.07) is 0. The first kappa shape index (κ1) is 12.5. The standard InChI is InChI=1S/C11H20N4O/c1-6(2)5-16-11-8(12)9(13)14-10(15-11)7(3)4/h6-7H,5,12H2,1-4H3,(H2,13,14,15). The van der Waals surface area contributed by atoms with E-state index >= 15 is 0 Å². The van der Waals surface area contributed by atoms with Crippen LogP contribution in [0.3, 0.4) is 0 Å². The van der Waals surface area contributed by atoms with Gasteiger partial charge in [-0.25, -0.2) is 4.98 Å². The molecule has 5 nitrogen and oxygen atoms in total. The molecule has 4 N–H and O–H groups in total. The van der Waals surface area contributed by atoms with Gasteiger partial charge in [-0.05, 0) is 5.92 Å². The monoisotopic (exact) mass is 224 g/mol. The highest BCUT2D eigenvalue weighted by Crippen LogP contribution is 2.26. The maximum atomic E-state index is 5.76. The van der Waals surface area contributed by atoms with Gasteiger partial charge in [-0.15, -0.1) is 0 Å². The lowest BCUT2D eigenvalue weighted by Gasteiger charge is -2.13. The molecule has 5 heteroatoms. The number of hydrogen-bond acceptors (Lipinski definition) is 5. The largest absolute Gasteiger partial charge is 0.476 e. The lowest BCUT2D eigenvalue weighted by Crippen LogP contribution is -2.12. The zero-order valence-corrected chi connectivity index (χ0v) is 10.3. The Hall–Kier alpha value is -1.52. The minimum atomic E-state index is 0.198. The third-order valence-corrected chi connectivity index (χ3v) is 2.03. The molecule has 0 fully saturated rings. The fourth-order valence-corrected chi connectivity index (χ4v) is 1.10. The lowest BCUT2D eigenvalue weighted by molar-refractivity contribution is 0.261. The number of nitrogens with two attached hydrogens (primary N) is 2. The summed E-state index contributed by atoms with van der Waals surface area (Å²) in [6.45, 7) is 8.68. The number of anilines is 2. The van der Waals surface area contributed by atoms with Crippen LogP contribution < -0.4 is 16.2 Å². The van der Waals surface area contributed by atoms with Crippen molar-refractivity contribution in [1.29, 1.82) is 0 Å². The van der Waals surface area contributed by atoms with E-state index in [0.717, 1.165) is 0 Å². The Bertz CT molecular complexity index is 363. The molecule has 0 aromatic carbocycles. The third-order valence-electron chi connectivity index (χ3n) is 2.03. The number of hydrogen-bond donors (Lipinski definition) is 2. The smallest absolute Gasteiger partial charge is 0.242 e. The van der Waals surface area contributed by atoms with Crippen molar-refractivity contribution in [3.05, 3.63) is 5.82 Å². The zero-order chi connectivity index (χ0) is 12.3. The molecule has 90 valence electrons. The van der Waals surface area contributed by atoms with Gasteiger partial charge in [0.05, 0.1) is 6.61 Å². The van der Waals surface area contributed by atoms with E-state index in [0.29, 0.717) is 29.9 Å². The van der Waals surface area contributed by atoms with E-state index in [9.17, 15) is 0 Å². The molecular weight excluding hydrogens is 204 g/mol. The van der Waals surface area contributed by atoms with Crippen LogP contribution in [0.4, 0.5) is 11.5 Å². The lowest BCUT2D eigenvalue weighted by atomic mass is 10.2. The van der Waals surface area contributed by atoms with Crippen molar-refractivity contribution in [1.82, 2.24) is 9.97 Å². The van der Waals surface area contributed by atoms with E-state index in [-0.39, 0.29) is 11.7 Å². The molecule has 0 aliphatic carbocycles. The van der Waals surface area contributed by atoms with Crippen LogP contribution in [0.1, 0.15) is 39.4 Å². The van der Waals surface area contributed by atoms with Crippen LogP contribution >= 0.6 is 0 Å². The fraction of sp³-hybridized carbons (Fsp3) is 0.636. The van der Waals surface area contributed by atoms with Gasteiger partial charge in [-0.2, -0.15) is 4.98 Å². The van der Waals surface area contributed by atoms with E-state index in [2.05, 4.69) is 23.8 Å². The number of aromatic nitrogens is 2. The van der Waals surface area contributed by atoms with Gasteiger partial charge in [0.2, 0.25) is 5.88 Å². The topological polar surface area (TPSA) is 87.0 Å². The van der Waals surface area contributed by atoms with Crippen LogP contribution in [0.5, 0.6) is 5.88 Å².